The summed E-state index contributed by atoms with van der Waals surface area (Å²) < 4.78 is 38.4. The minimum atomic E-state index is -4.33. The minimum Gasteiger partial charge on any atom is -0.360 e. The monoisotopic (exact) mass is 453 g/mol. The lowest BCUT2D eigenvalue weighted by Crippen LogP contribution is -2.51. The van der Waals surface area contributed by atoms with Gasteiger partial charge >= 0.3 is 6.18 Å². The van der Waals surface area contributed by atoms with Crippen LogP contribution >= 0.6 is 12.2 Å². The first kappa shape index (κ1) is 22.4. The Morgan fingerprint density at radius 1 is 1.03 bits per heavy atom. The van der Waals surface area contributed by atoms with Crippen molar-refractivity contribution in [3.8, 4) is 0 Å². The fraction of sp³-hybridized carbons (Fsp3) is 0.609. The zero-order chi connectivity index (χ0) is 21.9. The van der Waals surface area contributed by atoms with E-state index in [1.807, 2.05) is 6.08 Å². The third kappa shape index (κ3) is 5.52. The molecule has 0 atom stereocenters. The molecule has 4 nitrogen and oxygen atoms in total. The average molecular weight is 454 g/mol. The average Bonchev–Trinajstić information content (AvgIpc) is 3.13. The summed E-state index contributed by atoms with van der Waals surface area (Å²) in [4.78, 5) is 8.11. The quantitative estimate of drug-likeness (QED) is 0.586. The Bertz CT molecular complexity index is 793. The van der Waals surface area contributed by atoms with Crippen LogP contribution < -0.4 is 10.8 Å². The van der Waals surface area contributed by atoms with Gasteiger partial charge in [0.1, 0.15) is 5.60 Å². The molecule has 2 fully saturated rings. The summed E-state index contributed by atoms with van der Waals surface area (Å²) in [5.41, 5.74) is 3.25. The molecule has 0 bridgehead atoms. The molecule has 3 aliphatic rings. The molecule has 1 aromatic rings. The van der Waals surface area contributed by atoms with E-state index in [1.165, 1.54) is 57.1 Å². The summed E-state index contributed by atoms with van der Waals surface area (Å²) in [5.74, 6) is 0. The maximum atomic E-state index is 12.8. The number of hydrogen-bond donors (Lipinski definition) is 2. The van der Waals surface area contributed by atoms with Gasteiger partial charge in [-0.2, -0.15) is 13.2 Å². The first-order valence-electron chi connectivity index (χ1n) is 11.2. The maximum absolute atomic E-state index is 12.8. The molecule has 2 N–H and O–H groups in total. The van der Waals surface area contributed by atoms with Crippen molar-refractivity contribution in [2.24, 2.45) is 0 Å². The smallest absolute Gasteiger partial charge is 0.360 e. The lowest BCUT2D eigenvalue weighted by molar-refractivity contribution is -0.137. The summed E-state index contributed by atoms with van der Waals surface area (Å²) in [6, 6.07) is 5.63. The van der Waals surface area contributed by atoms with E-state index in [1.54, 1.807) is 0 Å². The van der Waals surface area contributed by atoms with Gasteiger partial charge in [-0.15, -0.1) is 0 Å². The summed E-state index contributed by atoms with van der Waals surface area (Å²) in [7, 11) is 0. The lowest BCUT2D eigenvalue weighted by Gasteiger charge is -2.39. The molecule has 31 heavy (non-hydrogen) atoms. The molecule has 1 saturated carbocycles. The lowest BCUT2D eigenvalue weighted by atomic mass is 9.90. The van der Waals surface area contributed by atoms with E-state index in [0.717, 1.165) is 48.9 Å². The number of rotatable bonds is 2. The van der Waals surface area contributed by atoms with Crippen LogP contribution in [0.1, 0.15) is 68.9 Å². The first-order chi connectivity index (χ1) is 14.8. The van der Waals surface area contributed by atoms with Crippen molar-refractivity contribution < 1.29 is 18.0 Å². The summed E-state index contributed by atoms with van der Waals surface area (Å²) >= 11 is 5.69. The number of hydroxylamine groups is 1. The van der Waals surface area contributed by atoms with Crippen LogP contribution in [0.15, 0.2) is 30.3 Å². The van der Waals surface area contributed by atoms with Gasteiger partial charge in [0, 0.05) is 32.0 Å². The van der Waals surface area contributed by atoms with Crippen LogP contribution in [-0.2, 0) is 11.0 Å². The molecule has 4 rings (SSSR count). The van der Waals surface area contributed by atoms with E-state index in [-0.39, 0.29) is 0 Å². The number of benzene rings is 1. The second-order valence-electron chi connectivity index (χ2n) is 8.88. The van der Waals surface area contributed by atoms with Crippen LogP contribution in [-0.4, -0.2) is 34.7 Å². The van der Waals surface area contributed by atoms with E-state index in [2.05, 4.69) is 15.7 Å². The highest BCUT2D eigenvalue weighted by molar-refractivity contribution is 7.80. The van der Waals surface area contributed by atoms with Gasteiger partial charge in [0.15, 0.2) is 5.11 Å². The predicted octanol–water partition coefficient (Wildman–Crippen LogP) is 5.40. The number of nitrogens with one attached hydrogen (secondary N) is 2. The molecule has 0 unspecified atom stereocenters. The fourth-order valence-corrected chi connectivity index (χ4v) is 5.01. The van der Waals surface area contributed by atoms with Crippen molar-refractivity contribution in [1.82, 2.24) is 15.7 Å². The third-order valence-electron chi connectivity index (χ3n) is 6.62. The zero-order valence-electron chi connectivity index (χ0n) is 17.6. The molecule has 8 heteroatoms. The van der Waals surface area contributed by atoms with Gasteiger partial charge < -0.3 is 10.2 Å². The molecule has 1 saturated heterocycles. The normalized spacial score (nSPS) is 22.4. The Hall–Kier alpha value is -1.80. The van der Waals surface area contributed by atoms with Gasteiger partial charge in [-0.05, 0) is 48.8 Å². The minimum absolute atomic E-state index is 0.440. The second kappa shape index (κ2) is 9.36. The Morgan fingerprint density at radius 2 is 1.65 bits per heavy atom. The highest BCUT2D eigenvalue weighted by Crippen LogP contribution is 2.36. The van der Waals surface area contributed by atoms with Gasteiger partial charge in [0.05, 0.1) is 11.3 Å². The highest BCUT2D eigenvalue weighted by atomic mass is 32.1. The van der Waals surface area contributed by atoms with Crippen molar-refractivity contribution >= 4 is 23.0 Å². The van der Waals surface area contributed by atoms with Crippen molar-refractivity contribution in [2.45, 2.75) is 75.6 Å². The molecule has 2 aliphatic heterocycles. The Morgan fingerprint density at radius 3 is 2.26 bits per heavy atom. The number of piperidine rings is 1. The number of halogens is 3. The van der Waals surface area contributed by atoms with Gasteiger partial charge in [-0.3, -0.25) is 10.3 Å². The van der Waals surface area contributed by atoms with Crippen LogP contribution in [0.3, 0.4) is 0 Å². The van der Waals surface area contributed by atoms with Crippen LogP contribution in [0.4, 0.5) is 13.2 Å². The van der Waals surface area contributed by atoms with E-state index in [0.29, 0.717) is 11.6 Å². The summed E-state index contributed by atoms with van der Waals surface area (Å²) in [6.45, 7) is 1.58. The maximum Gasteiger partial charge on any atom is 0.416 e. The predicted molar refractivity (Wildman–Crippen MR) is 119 cm³/mol. The molecular formula is C23H30F3N3OS. The van der Waals surface area contributed by atoms with Crippen molar-refractivity contribution in [3.63, 3.8) is 0 Å². The van der Waals surface area contributed by atoms with Crippen molar-refractivity contribution in [1.29, 1.82) is 0 Å². The second-order valence-corrected chi connectivity index (χ2v) is 9.27. The molecule has 0 radical (unpaired) electrons. The topological polar surface area (TPSA) is 36.5 Å². The van der Waals surface area contributed by atoms with E-state index in [4.69, 9.17) is 17.1 Å². The van der Waals surface area contributed by atoms with Gasteiger partial charge in [-0.25, -0.2) is 0 Å². The van der Waals surface area contributed by atoms with Crippen LogP contribution in [0.25, 0.3) is 5.70 Å². The van der Waals surface area contributed by atoms with Gasteiger partial charge in [0.25, 0.3) is 0 Å². The van der Waals surface area contributed by atoms with Crippen LogP contribution in [0, 0.1) is 0 Å². The molecule has 0 amide bonds. The fourth-order valence-electron chi connectivity index (χ4n) is 4.66. The molecule has 1 spiro atoms. The Balaban J connectivity index is 1.32. The van der Waals surface area contributed by atoms with Crippen molar-refractivity contribution in [2.75, 3.05) is 13.1 Å². The van der Waals surface area contributed by atoms with Crippen LogP contribution in [0.2, 0.25) is 0 Å². The van der Waals surface area contributed by atoms with Crippen LogP contribution in [0.5, 0.6) is 0 Å². The van der Waals surface area contributed by atoms with Crippen molar-refractivity contribution in [3.05, 3.63) is 41.5 Å². The summed E-state index contributed by atoms with van der Waals surface area (Å²) in [6.07, 6.45) is 8.11. The largest absolute Gasteiger partial charge is 0.416 e. The van der Waals surface area contributed by atoms with Gasteiger partial charge in [-0.1, -0.05) is 44.2 Å². The highest BCUT2D eigenvalue weighted by Gasteiger charge is 2.39. The first-order valence-corrected chi connectivity index (χ1v) is 11.7. The molecule has 2 heterocycles. The number of nitrogens with zero attached hydrogens (tertiary/aromatic N) is 1. The molecule has 1 aromatic carbocycles. The number of thiocarbonyl (C=S) groups is 1. The molecule has 170 valence electrons. The van der Waals surface area contributed by atoms with E-state index in [9.17, 15) is 13.2 Å². The Kier molecular flexibility index (Phi) is 6.77. The number of hydrogen-bond acceptors (Lipinski definition) is 3. The number of alkyl halides is 3. The molecule has 1 aliphatic carbocycles. The third-order valence-corrected chi connectivity index (χ3v) is 7.00. The summed E-state index contributed by atoms with van der Waals surface area (Å²) in [5, 5.41) is 4.41. The van der Waals surface area contributed by atoms with E-state index >= 15 is 0 Å². The van der Waals surface area contributed by atoms with E-state index < -0.39 is 17.3 Å². The zero-order valence-corrected chi connectivity index (χ0v) is 18.5. The molecular weight excluding hydrogens is 423 g/mol. The van der Waals surface area contributed by atoms with Gasteiger partial charge in [0.2, 0.25) is 0 Å². The number of likely N-dealkylation sites (tertiary alicyclic amines) is 1. The SMILES string of the molecule is FC(F)(F)c1ccc(C2=CC3(CCN(C(=S)NC4CCCCCCC4)CC3)ON2)cc1. The standard InChI is InChI=1S/C23H30F3N3OS/c24-23(25,26)18-10-8-17(9-11-18)20-16-22(30-28-20)12-14-29(15-13-22)21(31)27-19-6-4-2-1-3-5-7-19/h8-11,16,19,28H,1-7,12-15H2,(H,27,31). The molecule has 0 aromatic heterocycles. The Labute approximate surface area is 187 Å².